The van der Waals surface area contributed by atoms with Crippen LogP contribution in [0.25, 0.3) is 11.1 Å². The van der Waals surface area contributed by atoms with Crippen LogP contribution in [0.5, 0.6) is 69.0 Å². The number of benzene rings is 7. The Bertz CT molecular complexity index is 5440. The fourth-order valence-electron chi connectivity index (χ4n) is 16.8. The molecule has 8 amide bonds. The Balaban J connectivity index is 1.03. The van der Waals surface area contributed by atoms with Gasteiger partial charge >= 0.3 is 5.97 Å². The van der Waals surface area contributed by atoms with Gasteiger partial charge in [-0.1, -0.05) is 112 Å². The van der Waals surface area contributed by atoms with Gasteiger partial charge in [0.1, 0.15) is 131 Å². The largest absolute Gasteiger partial charge is 0.508 e. The minimum Gasteiger partial charge on any atom is -0.508 e. The summed E-state index contributed by atoms with van der Waals surface area (Å²) in [5.41, 5.74) is 9.02. The number of aliphatic hydroxyl groups excluding tert-OH is 7. The lowest BCUT2D eigenvalue weighted by molar-refractivity contribution is -0.277. The van der Waals surface area contributed by atoms with Crippen molar-refractivity contribution in [3.05, 3.63) is 164 Å². The number of fused-ring (bicyclic) bond motifs is 14. The number of hydrogen-bond acceptors (Lipinski definition) is 31. The van der Waals surface area contributed by atoms with E-state index in [0.717, 1.165) is 118 Å². The lowest BCUT2D eigenvalue weighted by Gasteiger charge is -2.41. The number of phenolic OH excluding ortho intramolecular Hbond substituents is 4. The molecule has 25 N–H and O–H groups in total. The summed E-state index contributed by atoms with van der Waals surface area (Å²) >= 11 is 14.4. The second kappa shape index (κ2) is 44.9. The van der Waals surface area contributed by atoms with Crippen LogP contribution in [0.4, 0.5) is 0 Å². The highest BCUT2D eigenvalue weighted by Crippen LogP contribution is 2.51. The quantitative estimate of drug-likeness (QED) is 0.0297. The molecule has 7 aromatic rings. The maximum absolute atomic E-state index is 16.9. The van der Waals surface area contributed by atoms with Crippen molar-refractivity contribution in [1.82, 2.24) is 52.8 Å². The number of nitrogens with zero attached hydrogens (tertiary/aromatic N) is 1. The molecule has 0 saturated carbocycles. The monoisotopic (exact) mass is 1900 g/mol. The zero-order valence-corrected chi connectivity index (χ0v) is 74.5. The Morgan fingerprint density at radius 2 is 1.16 bits per heavy atom. The van der Waals surface area contributed by atoms with Crippen molar-refractivity contribution in [2.45, 2.75) is 207 Å². The number of carboxylic acids is 1. The average molecular weight is 1900 g/mol. The highest BCUT2D eigenvalue weighted by atomic mass is 35.5. The van der Waals surface area contributed by atoms with Crippen molar-refractivity contribution in [2.24, 2.45) is 11.5 Å². The molecule has 2 fully saturated rings. The fraction of sp³-hybridized carbons (Fsp3) is 0.446. The van der Waals surface area contributed by atoms with Gasteiger partial charge in [0.2, 0.25) is 65.6 Å². The van der Waals surface area contributed by atoms with Crippen molar-refractivity contribution in [3.8, 4) is 80.1 Å². The maximum Gasteiger partial charge on any atom is 0.335 e. The van der Waals surface area contributed by atoms with E-state index in [9.17, 15) is 75.7 Å². The molecule has 720 valence electrons. The number of phenols is 4. The zero-order valence-electron chi connectivity index (χ0n) is 73.0. The molecule has 8 aliphatic heterocycles. The van der Waals surface area contributed by atoms with E-state index in [1.54, 1.807) is 0 Å². The molecule has 0 aliphatic carbocycles. The molecule has 0 aromatic heterocycles. The van der Waals surface area contributed by atoms with Crippen LogP contribution in [0.15, 0.2) is 115 Å². The summed E-state index contributed by atoms with van der Waals surface area (Å²) < 4.78 is 44.7. The molecule has 0 radical (unpaired) electrons. The molecule has 8 aliphatic rings. The van der Waals surface area contributed by atoms with Crippen LogP contribution in [0, 0.1) is 0 Å². The standard InChI is InChI=1S/C92H110Cl2N12O28/c1-3-4-5-6-7-8-9-10-11-15-65(112)100-74-77(115)79(117)82(90(126)127)134-91(74)133-81-62-36-47-37-63(81)130-59-25-20-46(34-54(59)93)75(113)73-89(125)104-71(84(120)98-28-14-31-106(29-12-26-95)30-13-27-96)52-38-48(108)39-61(131-92-80(118)78(116)76(114)64(42-107)132-92)66(52)51-33-44(18-23-56(51)109)69(86(122)105-73)101-87(123)70(47)102-88(124)72-53-40-50(41-58(111)67(53)94)129-60-35-45(19-24-57(60)110)68(97-2)85(121)99-55(83(119)103-72)32-43-16-21-49(128-62)22-17-43/h16-25,33-41,55,64,68-80,82,91-92,97,107-111,113-118H,3-15,26-32,42,95-96H2,1-2H3,(H,98,120)(H,99,121)(H,100,112)(H,101,123)(H,102,124)(H,103,119)(H,104,125)(H,105,122)(H,126,127)/t55-,64-,68+,69-,70-,71-,72+,73+,74-,75-,76-,77-,78+,79+,80+,82+,91-,92+/m1/s1. The number of carbonyl (C=O) groups excluding carboxylic acids is 8. The molecule has 17 bridgehead atoms. The van der Waals surface area contributed by atoms with Crippen molar-refractivity contribution < 1.29 is 138 Å². The summed E-state index contributed by atoms with van der Waals surface area (Å²) in [5, 5.41) is 162. The van der Waals surface area contributed by atoms with Gasteiger partial charge in [0, 0.05) is 48.2 Å². The van der Waals surface area contributed by atoms with Crippen LogP contribution in [-0.2, 0) is 59.0 Å². The Labute approximate surface area is 778 Å². The SMILES string of the molecule is CCCCCCCCCCCC(=O)N[C@H]1[C@H](Oc2c3cc4cc2Oc2ccc(cc2Cl)[C@@H](O)[C@@H]2NC(=O)[C@H](NC(=O)[C@@H]4NC(=O)[C@H]4NC(=O)[C@@H](Cc5ccc(cc5)O3)NC(=O)[C@@H](NC)c3ccc(O)c(c3)Oc3cc(O)c(Cl)c4c3)c3ccc(O)c(c3)-c3c(O[C@H]4O[C@H](CO)[C@@H](O)[C@H](O)[C@@H]4O)cc(O)cc3[C@H](C(=O)NCCCN(CCCN)CCCN)NC2=O)O[C@H](C(=O)O)[C@@H](O)[C@@H]1O. The molecule has 0 spiro atoms. The number of likely N-dealkylation sites (N-methyl/N-ethyl adjacent to an activating group) is 1. The number of aliphatic hydroxyl groups is 7. The molecule has 42 heteroatoms. The van der Waals surface area contributed by atoms with Gasteiger partial charge in [0.15, 0.2) is 29.1 Å². The molecule has 18 atom stereocenters. The molecule has 0 unspecified atom stereocenters. The lowest BCUT2D eigenvalue weighted by Crippen LogP contribution is -2.66. The van der Waals surface area contributed by atoms with Crippen molar-refractivity contribution in [1.29, 1.82) is 0 Å². The van der Waals surface area contributed by atoms with Gasteiger partial charge in [-0.3, -0.25) is 38.4 Å². The van der Waals surface area contributed by atoms with Crippen molar-refractivity contribution in [2.75, 3.05) is 52.9 Å². The van der Waals surface area contributed by atoms with Gasteiger partial charge in [-0.2, -0.15) is 0 Å². The highest BCUT2D eigenvalue weighted by Gasteiger charge is 2.52. The van der Waals surface area contributed by atoms with Gasteiger partial charge in [-0.05, 0) is 172 Å². The Hall–Kier alpha value is -12.0. The Morgan fingerprint density at radius 3 is 1.84 bits per heavy atom. The predicted octanol–water partition coefficient (Wildman–Crippen LogP) is 3.75. The van der Waals surface area contributed by atoms with Crippen LogP contribution >= 0.6 is 23.2 Å². The molecule has 8 heterocycles. The molecule has 134 heavy (non-hydrogen) atoms. The van der Waals surface area contributed by atoms with E-state index in [0.29, 0.717) is 64.0 Å². The summed E-state index contributed by atoms with van der Waals surface area (Å²) in [7, 11) is 1.43. The average Bonchev–Trinajstić information content (AvgIpc) is 0.757. The second-order valence-corrected chi connectivity index (χ2v) is 34.3. The molecule has 7 aromatic carbocycles. The lowest BCUT2D eigenvalue weighted by atomic mass is 9.89. The number of rotatable bonds is 29. The molecule has 2 saturated heterocycles. The maximum atomic E-state index is 16.9. The minimum absolute atomic E-state index is 0.132. The van der Waals surface area contributed by atoms with E-state index in [1.807, 2.05) is 0 Å². The van der Waals surface area contributed by atoms with Gasteiger partial charge in [-0.15, -0.1) is 0 Å². The van der Waals surface area contributed by atoms with Gasteiger partial charge in [0.05, 0.1) is 16.7 Å². The number of nitrogens with one attached hydrogen (secondary N) is 9. The first kappa shape index (κ1) is 99.5. The zero-order chi connectivity index (χ0) is 96.0. The first-order chi connectivity index (χ1) is 64.3. The topological polar surface area (TPSA) is 625 Å². The first-order valence-corrected chi connectivity index (χ1v) is 45.0. The van der Waals surface area contributed by atoms with E-state index >= 15 is 28.8 Å². The van der Waals surface area contributed by atoms with Gasteiger partial charge < -0.3 is 159 Å². The number of halogens is 2. The number of carboxylic acid groups (broad SMARTS) is 1. The molecular formula is C92H110Cl2N12O28. The highest BCUT2D eigenvalue weighted by molar-refractivity contribution is 6.33. The first-order valence-electron chi connectivity index (χ1n) is 44.2. The smallest absolute Gasteiger partial charge is 0.335 e. The van der Waals surface area contributed by atoms with Crippen LogP contribution < -0.4 is 83.0 Å². The van der Waals surface area contributed by atoms with Crippen LogP contribution in [0.2, 0.25) is 10.0 Å². The van der Waals surface area contributed by atoms with E-state index < -0.39 is 271 Å². The van der Waals surface area contributed by atoms with Crippen molar-refractivity contribution in [3.63, 3.8) is 0 Å². The number of nitrogens with two attached hydrogens (primary N) is 2. The van der Waals surface area contributed by atoms with Crippen LogP contribution in [0.3, 0.4) is 0 Å². The number of unbranched alkanes of at least 4 members (excludes halogenated alkanes) is 8. The third-order valence-corrected chi connectivity index (χ3v) is 24.7. The predicted molar refractivity (Wildman–Crippen MR) is 477 cm³/mol. The van der Waals surface area contributed by atoms with E-state index in [2.05, 4.69) is 59.7 Å². The number of carbonyl (C=O) groups is 9. The van der Waals surface area contributed by atoms with Crippen LogP contribution in [-0.4, -0.2) is 246 Å². The third kappa shape index (κ3) is 23.2. The number of ether oxygens (including phenoxy) is 7. The normalized spacial score (nSPS) is 25.2. The van der Waals surface area contributed by atoms with E-state index in [1.165, 1.54) is 49.5 Å². The molecule has 40 nitrogen and oxygen atoms in total. The second-order valence-electron chi connectivity index (χ2n) is 33.5. The Morgan fingerprint density at radius 1 is 0.537 bits per heavy atom. The number of aliphatic carboxylic acids is 1. The number of amides is 8. The molecule has 15 rings (SSSR count). The summed E-state index contributed by atoms with van der Waals surface area (Å²) in [4.78, 5) is 141. The fourth-order valence-corrected chi connectivity index (χ4v) is 17.3. The summed E-state index contributed by atoms with van der Waals surface area (Å²) in [6.07, 6.45) is -12.5. The summed E-state index contributed by atoms with van der Waals surface area (Å²) in [5.74, 6) is -18.1. The number of hydrogen-bond donors (Lipinski definition) is 23. The minimum atomic E-state index is -2.46. The Kier molecular flexibility index (Phi) is 33.4. The summed E-state index contributed by atoms with van der Waals surface area (Å²) in [6, 6.07) is 5.57. The van der Waals surface area contributed by atoms with Gasteiger partial charge in [-0.25, -0.2) is 4.79 Å². The summed E-state index contributed by atoms with van der Waals surface area (Å²) in [6.45, 7) is 3.22. The molecular weight excluding hydrogens is 1790 g/mol. The van der Waals surface area contributed by atoms with E-state index in [-0.39, 0.29) is 47.8 Å². The third-order valence-electron chi connectivity index (χ3n) is 24.0. The van der Waals surface area contributed by atoms with Crippen molar-refractivity contribution >= 4 is 76.4 Å². The van der Waals surface area contributed by atoms with Crippen LogP contribution in [0.1, 0.15) is 166 Å². The van der Waals surface area contributed by atoms with Gasteiger partial charge in [0.25, 0.3) is 0 Å². The van der Waals surface area contributed by atoms with E-state index in [4.69, 9.17) is 67.8 Å². The number of aromatic hydroxyl groups is 4.